The minimum atomic E-state index is -4.57. The SMILES string of the molecule is CNC(=O)c1csc2c(C(F)(F)F)cc(N3CCC(NC(=O)OC4CCN(C)C4)CC3)nc12. The number of piperidine rings is 1. The molecule has 2 N–H and O–H groups in total. The van der Waals surface area contributed by atoms with Crippen LogP contribution in [-0.4, -0.2) is 74.3 Å². The Hall–Kier alpha value is -2.60. The third-order valence-corrected chi connectivity index (χ3v) is 7.05. The maximum Gasteiger partial charge on any atom is 0.417 e. The number of alkyl carbamates (subject to hydrolysis) is 1. The molecule has 0 bridgehead atoms. The van der Waals surface area contributed by atoms with Crippen LogP contribution in [0.5, 0.6) is 0 Å². The van der Waals surface area contributed by atoms with E-state index in [1.165, 1.54) is 12.4 Å². The first-order valence-electron chi connectivity index (χ1n) is 10.8. The summed E-state index contributed by atoms with van der Waals surface area (Å²) in [6.07, 6.45) is -3.25. The van der Waals surface area contributed by atoms with Crippen LogP contribution < -0.4 is 15.5 Å². The van der Waals surface area contributed by atoms with Gasteiger partial charge in [-0.15, -0.1) is 11.3 Å². The van der Waals surface area contributed by atoms with E-state index in [1.54, 1.807) is 4.90 Å². The second kappa shape index (κ2) is 9.34. The van der Waals surface area contributed by atoms with Crippen molar-refractivity contribution in [3.63, 3.8) is 0 Å². The van der Waals surface area contributed by atoms with Crippen LogP contribution in [0.15, 0.2) is 11.4 Å². The Bertz CT molecular complexity index is 1040. The zero-order valence-corrected chi connectivity index (χ0v) is 19.2. The van der Waals surface area contributed by atoms with Gasteiger partial charge in [0.1, 0.15) is 11.9 Å². The quantitative estimate of drug-likeness (QED) is 0.692. The van der Waals surface area contributed by atoms with E-state index in [9.17, 15) is 22.8 Å². The number of amides is 2. The molecule has 1 unspecified atom stereocenters. The number of anilines is 1. The maximum atomic E-state index is 13.7. The van der Waals surface area contributed by atoms with E-state index < -0.39 is 23.7 Å². The fourth-order valence-electron chi connectivity index (χ4n) is 4.26. The number of rotatable bonds is 4. The van der Waals surface area contributed by atoms with Crippen LogP contribution >= 0.6 is 11.3 Å². The molecule has 2 aliphatic heterocycles. The topological polar surface area (TPSA) is 86.8 Å². The van der Waals surface area contributed by atoms with Gasteiger partial charge in [-0.25, -0.2) is 9.78 Å². The number of hydrogen-bond donors (Lipinski definition) is 2. The van der Waals surface area contributed by atoms with E-state index in [1.807, 2.05) is 7.05 Å². The molecule has 12 heteroatoms. The summed E-state index contributed by atoms with van der Waals surface area (Å²) in [5, 5.41) is 6.72. The molecule has 0 saturated carbocycles. The summed E-state index contributed by atoms with van der Waals surface area (Å²) in [7, 11) is 3.40. The number of hydrogen-bond acceptors (Lipinski definition) is 7. The van der Waals surface area contributed by atoms with Gasteiger partial charge in [-0.05, 0) is 32.4 Å². The Balaban J connectivity index is 1.46. The third-order valence-electron chi connectivity index (χ3n) is 6.05. The second-order valence-electron chi connectivity index (χ2n) is 8.42. The Kier molecular flexibility index (Phi) is 6.66. The third kappa shape index (κ3) is 5.16. The molecule has 2 aromatic heterocycles. The van der Waals surface area contributed by atoms with Crippen molar-refractivity contribution in [2.75, 3.05) is 45.2 Å². The first-order chi connectivity index (χ1) is 15.7. The van der Waals surface area contributed by atoms with Gasteiger partial charge in [-0.2, -0.15) is 13.2 Å². The fourth-order valence-corrected chi connectivity index (χ4v) is 5.28. The highest BCUT2D eigenvalue weighted by atomic mass is 32.1. The van der Waals surface area contributed by atoms with Crippen molar-refractivity contribution >= 4 is 39.4 Å². The van der Waals surface area contributed by atoms with Gasteiger partial charge >= 0.3 is 12.3 Å². The van der Waals surface area contributed by atoms with Crippen molar-refractivity contribution < 1.29 is 27.5 Å². The minimum absolute atomic E-state index is 0.0505. The van der Waals surface area contributed by atoms with Crippen LogP contribution in [0.1, 0.15) is 35.2 Å². The van der Waals surface area contributed by atoms with Gasteiger partial charge in [0, 0.05) is 44.6 Å². The summed E-state index contributed by atoms with van der Waals surface area (Å²) in [6.45, 7) is 2.44. The number of carbonyl (C=O) groups excluding carboxylic acids is 2. The molecule has 0 aliphatic carbocycles. The Morgan fingerprint density at radius 2 is 1.94 bits per heavy atom. The number of alkyl halides is 3. The van der Waals surface area contributed by atoms with Crippen LogP contribution in [-0.2, 0) is 10.9 Å². The van der Waals surface area contributed by atoms with E-state index in [4.69, 9.17) is 4.74 Å². The number of likely N-dealkylation sites (N-methyl/N-ethyl adjacent to an activating group) is 1. The fraction of sp³-hybridized carbons (Fsp3) is 0.571. The number of fused-ring (bicyclic) bond motifs is 1. The number of pyridine rings is 1. The number of thiophene rings is 1. The predicted molar refractivity (Wildman–Crippen MR) is 119 cm³/mol. The molecule has 2 fully saturated rings. The average Bonchev–Trinajstić information content (AvgIpc) is 3.38. The molecule has 2 aliphatic rings. The van der Waals surface area contributed by atoms with Gasteiger partial charge in [0.2, 0.25) is 0 Å². The molecule has 8 nitrogen and oxygen atoms in total. The number of halogens is 3. The Morgan fingerprint density at radius 1 is 1.21 bits per heavy atom. The first-order valence-corrected chi connectivity index (χ1v) is 11.7. The molecule has 33 heavy (non-hydrogen) atoms. The predicted octanol–water partition coefficient (Wildman–Crippen LogP) is 3.07. The van der Waals surface area contributed by atoms with Gasteiger partial charge < -0.3 is 25.2 Å². The van der Waals surface area contributed by atoms with Crippen molar-refractivity contribution in [2.24, 2.45) is 0 Å². The molecule has 1 atom stereocenters. The van der Waals surface area contributed by atoms with E-state index in [0.29, 0.717) is 32.5 Å². The molecular formula is C21H26F3N5O3S. The van der Waals surface area contributed by atoms with Crippen molar-refractivity contribution in [1.82, 2.24) is 20.5 Å². The summed E-state index contributed by atoms with van der Waals surface area (Å²) in [5.41, 5.74) is -0.621. The molecule has 0 aromatic carbocycles. The summed E-state index contributed by atoms with van der Waals surface area (Å²) in [4.78, 5) is 32.6. The molecule has 4 heterocycles. The number of nitrogens with one attached hydrogen (secondary N) is 2. The van der Waals surface area contributed by atoms with Crippen LogP contribution in [0.3, 0.4) is 0 Å². The Labute approximate surface area is 193 Å². The molecule has 2 aromatic rings. The van der Waals surface area contributed by atoms with Gasteiger partial charge in [-0.1, -0.05) is 0 Å². The van der Waals surface area contributed by atoms with E-state index in [2.05, 4.69) is 20.5 Å². The van der Waals surface area contributed by atoms with Crippen molar-refractivity contribution in [3.05, 3.63) is 22.6 Å². The van der Waals surface area contributed by atoms with Gasteiger partial charge in [0.05, 0.1) is 21.3 Å². The molecule has 4 rings (SSSR count). The molecular weight excluding hydrogens is 459 g/mol. The van der Waals surface area contributed by atoms with Gasteiger partial charge in [0.15, 0.2) is 0 Å². The van der Waals surface area contributed by atoms with Crippen LogP contribution in [0, 0.1) is 0 Å². The summed E-state index contributed by atoms with van der Waals surface area (Å²) in [5.74, 6) is -0.303. The van der Waals surface area contributed by atoms with E-state index in [0.717, 1.165) is 30.4 Å². The molecule has 0 radical (unpaired) electrons. The average molecular weight is 486 g/mol. The molecule has 2 saturated heterocycles. The molecule has 0 spiro atoms. The highest BCUT2D eigenvalue weighted by molar-refractivity contribution is 7.17. The highest BCUT2D eigenvalue weighted by Crippen LogP contribution is 2.40. The lowest BCUT2D eigenvalue weighted by Gasteiger charge is -2.33. The smallest absolute Gasteiger partial charge is 0.417 e. The zero-order valence-electron chi connectivity index (χ0n) is 18.4. The summed E-state index contributed by atoms with van der Waals surface area (Å²) < 4.78 is 46.6. The van der Waals surface area contributed by atoms with Crippen LogP contribution in [0.25, 0.3) is 10.2 Å². The highest BCUT2D eigenvalue weighted by Gasteiger charge is 2.36. The van der Waals surface area contributed by atoms with Crippen LogP contribution in [0.4, 0.5) is 23.8 Å². The van der Waals surface area contributed by atoms with Crippen molar-refractivity contribution in [3.8, 4) is 0 Å². The normalized spacial score (nSPS) is 20.3. The zero-order chi connectivity index (χ0) is 23.8. The maximum absolute atomic E-state index is 13.7. The lowest BCUT2D eigenvalue weighted by atomic mass is 10.0. The lowest BCUT2D eigenvalue weighted by Crippen LogP contribution is -2.45. The number of ether oxygens (including phenoxy) is 1. The number of carbonyl (C=O) groups is 2. The van der Waals surface area contributed by atoms with E-state index in [-0.39, 0.29) is 33.7 Å². The lowest BCUT2D eigenvalue weighted by molar-refractivity contribution is -0.136. The van der Waals surface area contributed by atoms with Crippen LogP contribution in [0.2, 0.25) is 0 Å². The van der Waals surface area contributed by atoms with Crippen molar-refractivity contribution in [2.45, 2.75) is 37.6 Å². The van der Waals surface area contributed by atoms with E-state index >= 15 is 0 Å². The summed E-state index contributed by atoms with van der Waals surface area (Å²) >= 11 is 0.860. The van der Waals surface area contributed by atoms with Crippen molar-refractivity contribution in [1.29, 1.82) is 0 Å². The minimum Gasteiger partial charge on any atom is -0.445 e. The molecule has 180 valence electrons. The summed E-state index contributed by atoms with van der Waals surface area (Å²) in [6, 6.07) is 0.923. The number of aromatic nitrogens is 1. The number of likely N-dealkylation sites (tertiary alicyclic amines) is 1. The largest absolute Gasteiger partial charge is 0.445 e. The van der Waals surface area contributed by atoms with Gasteiger partial charge in [0.25, 0.3) is 5.91 Å². The molecule has 2 amide bonds. The number of nitrogens with zero attached hydrogens (tertiary/aromatic N) is 3. The first kappa shape index (κ1) is 23.6. The second-order valence-corrected chi connectivity index (χ2v) is 9.30. The standard InChI is InChI=1S/C21H26F3N5O3S/c1-25-19(30)14-11-33-18-15(21(22,23)24)9-16(27-17(14)18)29-7-3-12(4-8-29)26-20(31)32-13-5-6-28(2)10-13/h9,11-13H,3-8,10H2,1-2H3,(H,25,30)(H,26,31). The Morgan fingerprint density at radius 3 is 2.55 bits per heavy atom. The monoisotopic (exact) mass is 485 g/mol. The van der Waals surface area contributed by atoms with Gasteiger partial charge in [-0.3, -0.25) is 4.79 Å².